The molecular formula is C42H35NO5S. The number of carbonyl (C=O) groups is 1. The van der Waals surface area contributed by atoms with Gasteiger partial charge in [0.15, 0.2) is 0 Å². The van der Waals surface area contributed by atoms with Crippen molar-refractivity contribution in [2.75, 3.05) is 4.90 Å². The van der Waals surface area contributed by atoms with E-state index in [1.807, 2.05) is 77.7 Å². The topological polar surface area (TPSA) is 83.9 Å². The van der Waals surface area contributed by atoms with Crippen LogP contribution in [0.25, 0.3) is 0 Å². The van der Waals surface area contributed by atoms with E-state index in [4.69, 9.17) is 4.74 Å². The average molecular weight is 666 g/mol. The molecule has 0 aliphatic carbocycles. The molecule has 7 heteroatoms. The Kier molecular flexibility index (Phi) is 7.88. The molecule has 49 heavy (non-hydrogen) atoms. The summed E-state index contributed by atoms with van der Waals surface area (Å²) in [7, 11) is -3.65. The van der Waals surface area contributed by atoms with Crippen molar-refractivity contribution < 1.29 is 23.1 Å². The van der Waals surface area contributed by atoms with Crippen molar-refractivity contribution in [2.45, 2.75) is 41.5 Å². The highest BCUT2D eigenvalue weighted by Gasteiger charge is 2.52. The van der Waals surface area contributed by atoms with Crippen molar-refractivity contribution in [3.8, 4) is 17.2 Å². The van der Waals surface area contributed by atoms with E-state index >= 15 is 0 Å². The van der Waals surface area contributed by atoms with E-state index < -0.39 is 15.4 Å². The summed E-state index contributed by atoms with van der Waals surface area (Å²) < 4.78 is 32.3. The molecule has 0 saturated heterocycles. The molecule has 1 aliphatic rings. The second-order valence-corrected chi connectivity index (χ2v) is 15.1. The molecule has 1 N–H and O–H groups in total. The number of phenolic OH excluding ortho intramolecular Hbond substituents is 1. The zero-order valence-corrected chi connectivity index (χ0v) is 28.2. The minimum atomic E-state index is -3.65. The summed E-state index contributed by atoms with van der Waals surface area (Å²) in [4.78, 5) is 16.7. The minimum Gasteiger partial charge on any atom is -0.508 e. The third-order valence-electron chi connectivity index (χ3n) is 9.06. The quantitative estimate of drug-likeness (QED) is 0.184. The fraction of sp³-hybridized carbons (Fsp3) is 0.119. The SMILES string of the molecule is CC(C)(C)c1ccc(N2C(=O)c3ccccc3C2(c2ccc(O)cc2)c2ccc(Oc3ccc(S(=O)(=O)c4ccccc4)cc3)cc2)cc1. The maximum atomic E-state index is 14.4. The minimum absolute atomic E-state index is 0.0587. The number of anilines is 1. The number of rotatable bonds is 7. The highest BCUT2D eigenvalue weighted by atomic mass is 32.2. The molecule has 1 atom stereocenters. The molecule has 6 nitrogen and oxygen atoms in total. The largest absolute Gasteiger partial charge is 0.508 e. The number of sulfone groups is 1. The lowest BCUT2D eigenvalue weighted by molar-refractivity contribution is 0.0986. The van der Waals surface area contributed by atoms with Crippen molar-refractivity contribution in [3.05, 3.63) is 179 Å². The summed E-state index contributed by atoms with van der Waals surface area (Å²) in [5.74, 6) is 1.03. The van der Waals surface area contributed by atoms with Crippen LogP contribution in [0.15, 0.2) is 161 Å². The number of nitrogens with zero attached hydrogens (tertiary/aromatic N) is 1. The first kappa shape index (κ1) is 31.9. The average Bonchev–Trinajstić information content (AvgIpc) is 3.38. The van der Waals surface area contributed by atoms with Crippen LogP contribution in [-0.4, -0.2) is 19.4 Å². The van der Waals surface area contributed by atoms with Gasteiger partial charge in [0.25, 0.3) is 5.91 Å². The van der Waals surface area contributed by atoms with Crippen molar-refractivity contribution in [1.82, 2.24) is 0 Å². The molecule has 0 radical (unpaired) electrons. The summed E-state index contributed by atoms with van der Waals surface area (Å²) in [6.45, 7) is 6.47. The number of phenols is 1. The van der Waals surface area contributed by atoms with Crippen LogP contribution in [0, 0.1) is 0 Å². The van der Waals surface area contributed by atoms with Crippen LogP contribution >= 0.6 is 0 Å². The molecule has 1 amide bonds. The fourth-order valence-electron chi connectivity index (χ4n) is 6.56. The molecular weight excluding hydrogens is 631 g/mol. The van der Waals surface area contributed by atoms with Crippen LogP contribution in [-0.2, 0) is 20.8 Å². The number of ether oxygens (including phenoxy) is 1. The van der Waals surface area contributed by atoms with Gasteiger partial charge in [0.1, 0.15) is 22.8 Å². The number of fused-ring (bicyclic) bond motifs is 1. The Morgan fingerprint density at radius 1 is 0.612 bits per heavy atom. The normalized spacial score (nSPS) is 16.0. The Labute approximate surface area is 286 Å². The first-order valence-electron chi connectivity index (χ1n) is 16.0. The molecule has 1 heterocycles. The molecule has 0 spiro atoms. The van der Waals surface area contributed by atoms with Crippen LogP contribution in [0.2, 0.25) is 0 Å². The molecule has 0 aromatic heterocycles. The molecule has 6 aromatic carbocycles. The number of amides is 1. The lowest BCUT2D eigenvalue weighted by Gasteiger charge is -2.40. The number of hydrogen-bond acceptors (Lipinski definition) is 5. The lowest BCUT2D eigenvalue weighted by Crippen LogP contribution is -2.46. The first-order chi connectivity index (χ1) is 23.5. The number of hydrogen-bond donors (Lipinski definition) is 1. The Balaban J connectivity index is 1.30. The Bertz CT molecular complexity index is 2240. The predicted molar refractivity (Wildman–Crippen MR) is 191 cm³/mol. The summed E-state index contributed by atoms with van der Waals surface area (Å²) in [6, 6.07) is 45.0. The van der Waals surface area contributed by atoms with E-state index in [0.29, 0.717) is 17.1 Å². The molecule has 1 aliphatic heterocycles. The van der Waals surface area contributed by atoms with Crippen LogP contribution in [0.4, 0.5) is 5.69 Å². The standard InChI is InChI=1S/C42H35NO5S/c1-41(2,3)29-13-19-32(20-14-29)43-40(45)38-11-7-8-12-39(38)42(43,30-15-21-33(44)22-16-30)31-17-23-34(24-18-31)48-35-25-27-37(28-26-35)49(46,47)36-9-5-4-6-10-36/h4-28,44H,1-3H3. The Hall–Kier alpha value is -5.66. The second-order valence-electron chi connectivity index (χ2n) is 13.2. The van der Waals surface area contributed by atoms with Gasteiger partial charge in [-0.2, -0.15) is 0 Å². The van der Waals surface area contributed by atoms with E-state index in [9.17, 15) is 18.3 Å². The maximum Gasteiger partial charge on any atom is 0.260 e. The summed E-state index contributed by atoms with van der Waals surface area (Å²) in [5.41, 5.74) is 3.85. The zero-order valence-electron chi connectivity index (χ0n) is 27.4. The van der Waals surface area contributed by atoms with E-state index in [-0.39, 0.29) is 26.9 Å². The van der Waals surface area contributed by atoms with Gasteiger partial charge in [-0.05, 0) is 107 Å². The van der Waals surface area contributed by atoms with E-state index in [0.717, 1.165) is 27.9 Å². The third kappa shape index (κ3) is 5.56. The highest BCUT2D eigenvalue weighted by Crippen LogP contribution is 2.51. The molecule has 1 unspecified atom stereocenters. The number of aromatic hydroxyl groups is 1. The highest BCUT2D eigenvalue weighted by molar-refractivity contribution is 7.91. The van der Waals surface area contributed by atoms with E-state index in [1.165, 1.54) is 12.1 Å². The van der Waals surface area contributed by atoms with Crippen LogP contribution < -0.4 is 9.64 Å². The summed E-state index contributed by atoms with van der Waals surface area (Å²) >= 11 is 0. The second kappa shape index (κ2) is 12.1. The molecule has 0 bridgehead atoms. The van der Waals surface area contributed by atoms with Crippen LogP contribution in [0.3, 0.4) is 0 Å². The van der Waals surface area contributed by atoms with Crippen LogP contribution in [0.1, 0.15) is 53.4 Å². The molecule has 0 fully saturated rings. The molecule has 7 rings (SSSR count). The third-order valence-corrected chi connectivity index (χ3v) is 10.8. The van der Waals surface area contributed by atoms with Gasteiger partial charge in [-0.25, -0.2) is 8.42 Å². The van der Waals surface area contributed by atoms with Gasteiger partial charge < -0.3 is 9.84 Å². The number of carbonyl (C=O) groups excluding carboxylic acids is 1. The van der Waals surface area contributed by atoms with Gasteiger partial charge in [-0.1, -0.05) is 93.6 Å². The summed E-state index contributed by atoms with van der Waals surface area (Å²) in [5, 5.41) is 10.3. The van der Waals surface area contributed by atoms with Gasteiger partial charge in [0, 0.05) is 11.3 Å². The van der Waals surface area contributed by atoms with E-state index in [2.05, 4.69) is 32.9 Å². The van der Waals surface area contributed by atoms with Crippen molar-refractivity contribution in [3.63, 3.8) is 0 Å². The Morgan fingerprint density at radius 3 is 1.71 bits per heavy atom. The van der Waals surface area contributed by atoms with E-state index in [1.54, 1.807) is 54.6 Å². The fourth-order valence-corrected chi connectivity index (χ4v) is 7.84. The van der Waals surface area contributed by atoms with Gasteiger partial charge in [-0.15, -0.1) is 0 Å². The molecule has 0 saturated carbocycles. The maximum absolute atomic E-state index is 14.4. The summed E-state index contributed by atoms with van der Waals surface area (Å²) in [6.07, 6.45) is 0. The van der Waals surface area contributed by atoms with Crippen molar-refractivity contribution in [2.24, 2.45) is 0 Å². The van der Waals surface area contributed by atoms with Gasteiger partial charge in [0.2, 0.25) is 9.84 Å². The zero-order chi connectivity index (χ0) is 34.4. The van der Waals surface area contributed by atoms with Gasteiger partial charge in [-0.3, -0.25) is 9.69 Å². The Morgan fingerprint density at radius 2 is 1.12 bits per heavy atom. The first-order valence-corrected chi connectivity index (χ1v) is 17.5. The molecule has 244 valence electrons. The van der Waals surface area contributed by atoms with Crippen LogP contribution in [0.5, 0.6) is 17.2 Å². The smallest absolute Gasteiger partial charge is 0.260 e. The molecule has 6 aromatic rings. The monoisotopic (exact) mass is 665 g/mol. The van der Waals surface area contributed by atoms with Crippen molar-refractivity contribution in [1.29, 1.82) is 0 Å². The number of benzene rings is 6. The predicted octanol–water partition coefficient (Wildman–Crippen LogP) is 9.27. The van der Waals surface area contributed by atoms with Crippen molar-refractivity contribution >= 4 is 21.4 Å². The van der Waals surface area contributed by atoms with Gasteiger partial charge >= 0.3 is 0 Å². The van der Waals surface area contributed by atoms with Gasteiger partial charge in [0.05, 0.1) is 9.79 Å². The lowest BCUT2D eigenvalue weighted by atomic mass is 9.76.